The van der Waals surface area contributed by atoms with Crippen molar-refractivity contribution in [2.45, 2.75) is 84.1 Å². The normalized spacial score (nSPS) is 26.3. The number of methoxy groups -OCH3 is 1. The van der Waals surface area contributed by atoms with E-state index < -0.39 is 30.5 Å². The van der Waals surface area contributed by atoms with E-state index in [0.717, 1.165) is 12.8 Å². The molecule has 1 N–H and O–H groups in total. The zero-order valence-electron chi connectivity index (χ0n) is 24.0. The zero-order chi connectivity index (χ0) is 29.5. The van der Waals surface area contributed by atoms with Gasteiger partial charge in [0, 0.05) is 12.8 Å². The molecule has 1 amide bonds. The Morgan fingerprint density at radius 3 is 2.68 bits per heavy atom. The van der Waals surface area contributed by atoms with E-state index in [9.17, 15) is 14.4 Å². The average molecular weight is 566 g/mol. The predicted octanol–water partition coefficient (Wildman–Crippen LogP) is 3.51. The lowest BCUT2D eigenvalue weighted by Crippen LogP contribution is -2.65. The van der Waals surface area contributed by atoms with Gasteiger partial charge in [-0.25, -0.2) is 9.59 Å². The summed E-state index contributed by atoms with van der Waals surface area (Å²) in [4.78, 5) is 37.1. The fraction of sp³-hybridized carbons (Fsp3) is 0.586. The number of nitrogens with one attached hydrogen (secondary N) is 1. The van der Waals surface area contributed by atoms with E-state index in [0.29, 0.717) is 17.4 Å². The van der Waals surface area contributed by atoms with Gasteiger partial charge in [0.25, 0.3) is 0 Å². The standard InChI is InChI=1S/C29H35BN2O9/c1-16-20(39-27(35)38-16)15-37-26(34)19-9-6-8-17(25(19)36-5)12-23(32-24(33)10-7-11-31)30-40-22-14-18-13-21(28(18,2)3)29(22,4)41-30/h6,8-9,18,21-23H,7,10,12-15H2,1-5H3,(H,32,33). The van der Waals surface area contributed by atoms with E-state index >= 15 is 0 Å². The maximum Gasteiger partial charge on any atom is 0.519 e. The van der Waals surface area contributed by atoms with Crippen LogP contribution >= 0.6 is 0 Å². The highest BCUT2D eigenvalue weighted by Crippen LogP contribution is 2.65. The molecule has 41 heavy (non-hydrogen) atoms. The van der Waals surface area contributed by atoms with Crippen molar-refractivity contribution in [1.82, 2.24) is 5.32 Å². The second-order valence-electron chi connectivity index (χ2n) is 11.9. The summed E-state index contributed by atoms with van der Waals surface area (Å²) in [6, 6.07) is 7.06. The summed E-state index contributed by atoms with van der Waals surface area (Å²) in [7, 11) is 0.724. The highest BCUT2D eigenvalue weighted by atomic mass is 16.7. The quantitative estimate of drug-likeness (QED) is 0.334. The van der Waals surface area contributed by atoms with E-state index in [-0.39, 0.29) is 66.1 Å². The van der Waals surface area contributed by atoms with Crippen molar-refractivity contribution in [1.29, 1.82) is 5.26 Å². The Balaban J connectivity index is 1.37. The smallest absolute Gasteiger partial charge is 0.496 e. The molecule has 2 aromatic rings. The van der Waals surface area contributed by atoms with Crippen LogP contribution in [0.2, 0.25) is 0 Å². The Hall–Kier alpha value is -3.56. The molecule has 5 unspecified atom stereocenters. The van der Waals surface area contributed by atoms with Crippen LogP contribution in [0.5, 0.6) is 5.75 Å². The van der Waals surface area contributed by atoms with Gasteiger partial charge in [0.05, 0.1) is 30.8 Å². The van der Waals surface area contributed by atoms with Crippen LogP contribution in [-0.4, -0.2) is 43.8 Å². The number of esters is 1. The van der Waals surface area contributed by atoms with E-state index in [1.54, 1.807) is 18.2 Å². The molecule has 1 aromatic carbocycles. The lowest BCUT2D eigenvalue weighted by atomic mass is 9.43. The third-order valence-electron chi connectivity index (χ3n) is 9.24. The van der Waals surface area contributed by atoms with E-state index in [2.05, 4.69) is 26.1 Å². The largest absolute Gasteiger partial charge is 0.519 e. The molecule has 11 nitrogen and oxygen atoms in total. The van der Waals surface area contributed by atoms with Gasteiger partial charge in [-0.15, -0.1) is 0 Å². The highest BCUT2D eigenvalue weighted by Gasteiger charge is 2.68. The summed E-state index contributed by atoms with van der Waals surface area (Å²) in [6.07, 6.45) is 2.28. The van der Waals surface area contributed by atoms with E-state index in [4.69, 9.17) is 32.9 Å². The first-order valence-corrected chi connectivity index (χ1v) is 13.9. The van der Waals surface area contributed by atoms with Gasteiger partial charge in [0.1, 0.15) is 11.3 Å². The molecule has 6 rings (SSSR count). The molecule has 0 radical (unpaired) electrons. The number of aryl methyl sites for hydroxylation is 1. The van der Waals surface area contributed by atoms with Crippen molar-refractivity contribution >= 4 is 19.0 Å². The molecule has 4 aliphatic rings. The van der Waals surface area contributed by atoms with Crippen molar-refractivity contribution in [2.75, 3.05) is 7.11 Å². The van der Waals surface area contributed by atoms with E-state index in [1.165, 1.54) is 14.0 Å². The third kappa shape index (κ3) is 5.29. The Morgan fingerprint density at radius 1 is 1.24 bits per heavy atom. The van der Waals surface area contributed by atoms with Crippen LogP contribution in [0.1, 0.15) is 73.9 Å². The molecule has 3 aliphatic carbocycles. The van der Waals surface area contributed by atoms with Crippen LogP contribution in [0.15, 0.2) is 31.8 Å². The number of ether oxygens (including phenoxy) is 2. The van der Waals surface area contributed by atoms with Crippen molar-refractivity contribution in [3.05, 3.63) is 51.5 Å². The zero-order valence-corrected chi connectivity index (χ0v) is 24.0. The summed E-state index contributed by atoms with van der Waals surface area (Å²) in [5.74, 6) is -0.920. The van der Waals surface area contributed by atoms with Crippen LogP contribution in [-0.2, 0) is 31.9 Å². The van der Waals surface area contributed by atoms with Crippen molar-refractivity contribution in [2.24, 2.45) is 17.3 Å². The van der Waals surface area contributed by atoms with Gasteiger partial charge in [-0.1, -0.05) is 26.0 Å². The summed E-state index contributed by atoms with van der Waals surface area (Å²) >= 11 is 0. The van der Waals surface area contributed by atoms with Crippen molar-refractivity contribution < 1.29 is 37.2 Å². The lowest BCUT2D eigenvalue weighted by Gasteiger charge is -2.64. The topological polar surface area (TPSA) is 150 Å². The third-order valence-corrected chi connectivity index (χ3v) is 9.24. The average Bonchev–Trinajstić information content (AvgIpc) is 3.46. The number of nitriles is 1. The Labute approximate surface area is 238 Å². The first-order chi connectivity index (χ1) is 19.5. The number of rotatable bonds is 10. The minimum absolute atomic E-state index is 0.0468. The second-order valence-corrected chi connectivity index (χ2v) is 11.9. The maximum absolute atomic E-state index is 13.0. The monoisotopic (exact) mass is 566 g/mol. The van der Waals surface area contributed by atoms with Gasteiger partial charge in [-0.3, -0.25) is 4.79 Å². The summed E-state index contributed by atoms with van der Waals surface area (Å²) in [6.45, 7) is 7.91. The molecule has 2 bridgehead atoms. The summed E-state index contributed by atoms with van der Waals surface area (Å²) < 4.78 is 33.9. The lowest BCUT2D eigenvalue weighted by molar-refractivity contribution is -0.199. The number of hydrogen-bond donors (Lipinski definition) is 1. The van der Waals surface area contributed by atoms with Crippen LogP contribution in [0.3, 0.4) is 0 Å². The summed E-state index contributed by atoms with van der Waals surface area (Å²) in [5.41, 5.74) is 0.480. The molecule has 2 heterocycles. The molecule has 4 fully saturated rings. The summed E-state index contributed by atoms with van der Waals surface area (Å²) in [5, 5.41) is 12.0. The molecule has 1 saturated heterocycles. The van der Waals surface area contributed by atoms with Gasteiger partial charge in [-0.2, -0.15) is 5.26 Å². The first-order valence-electron chi connectivity index (χ1n) is 13.9. The number of amides is 1. The van der Waals surface area contributed by atoms with Crippen molar-refractivity contribution in [3.8, 4) is 11.8 Å². The molecule has 12 heteroatoms. The van der Waals surface area contributed by atoms with Gasteiger partial charge < -0.3 is 32.9 Å². The van der Waals surface area contributed by atoms with Gasteiger partial charge in [0.15, 0.2) is 18.1 Å². The predicted molar refractivity (Wildman–Crippen MR) is 145 cm³/mol. The maximum atomic E-state index is 13.0. The fourth-order valence-electron chi connectivity index (χ4n) is 6.83. The second kappa shape index (κ2) is 11.0. The van der Waals surface area contributed by atoms with Crippen LogP contribution in [0.4, 0.5) is 0 Å². The Bertz CT molecular complexity index is 1430. The first kappa shape index (κ1) is 29.0. The van der Waals surface area contributed by atoms with Gasteiger partial charge in [-0.05, 0) is 62.0 Å². The van der Waals surface area contributed by atoms with Gasteiger partial charge >= 0.3 is 18.9 Å². The van der Waals surface area contributed by atoms with Crippen LogP contribution in [0, 0.1) is 35.5 Å². The number of para-hydroxylation sites is 1. The minimum atomic E-state index is -0.873. The number of carbonyl (C=O) groups excluding carboxylic acids is 2. The minimum Gasteiger partial charge on any atom is -0.496 e. The molecule has 5 atom stereocenters. The van der Waals surface area contributed by atoms with E-state index in [1.807, 2.05) is 6.07 Å². The fourth-order valence-corrected chi connectivity index (χ4v) is 6.83. The molecule has 0 spiro atoms. The van der Waals surface area contributed by atoms with Crippen molar-refractivity contribution in [3.63, 3.8) is 0 Å². The highest BCUT2D eigenvalue weighted by molar-refractivity contribution is 6.48. The molecular weight excluding hydrogens is 531 g/mol. The molecule has 218 valence electrons. The number of hydrogen-bond acceptors (Lipinski definition) is 10. The number of benzene rings is 1. The number of nitrogens with zero attached hydrogens (tertiary/aromatic N) is 1. The molecule has 1 aromatic heterocycles. The van der Waals surface area contributed by atoms with Crippen LogP contribution in [0.25, 0.3) is 0 Å². The molecule has 3 saturated carbocycles. The van der Waals surface area contributed by atoms with Gasteiger partial charge in [0.2, 0.25) is 5.91 Å². The molecule has 1 aliphatic heterocycles. The SMILES string of the molecule is COc1c(CC(NC(=O)CCC#N)B2OC3CC4CC(C4(C)C)C3(C)O2)cccc1C(=O)OCc1oc(=O)oc1C. The Morgan fingerprint density at radius 2 is 2.02 bits per heavy atom. The molecular formula is C29H35BN2O9. The Kier molecular flexibility index (Phi) is 7.79. The van der Waals surface area contributed by atoms with Crippen LogP contribution < -0.4 is 15.9 Å². The number of carbonyl (C=O) groups is 2.